The second-order valence-electron chi connectivity index (χ2n) is 2.35. The molecule has 1 heterocycles. The lowest BCUT2D eigenvalue weighted by molar-refractivity contribution is 0.440. The van der Waals surface area contributed by atoms with Gasteiger partial charge >= 0.3 is 0 Å². The molecule has 1 aromatic rings. The van der Waals surface area contributed by atoms with Gasteiger partial charge in [-0.05, 0) is 12.1 Å². The highest BCUT2D eigenvalue weighted by molar-refractivity contribution is 5.76. The molecular formula is C8H11N3. The number of hydrogen-bond donors (Lipinski definition) is 0. The van der Waals surface area contributed by atoms with Crippen LogP contribution in [0.15, 0.2) is 29.5 Å². The molecule has 0 bridgehead atoms. The van der Waals surface area contributed by atoms with E-state index in [1.807, 2.05) is 32.3 Å². The summed E-state index contributed by atoms with van der Waals surface area (Å²) in [6.07, 6.45) is 3.47. The van der Waals surface area contributed by atoms with Crippen molar-refractivity contribution in [2.45, 2.75) is 0 Å². The molecule has 1 aromatic heterocycles. The third kappa shape index (κ3) is 2.80. The van der Waals surface area contributed by atoms with Crippen LogP contribution in [0.1, 0.15) is 5.69 Å². The van der Waals surface area contributed by atoms with Crippen LogP contribution in [0.5, 0.6) is 0 Å². The first-order valence-electron chi connectivity index (χ1n) is 3.41. The molecule has 0 aromatic carbocycles. The van der Waals surface area contributed by atoms with E-state index in [9.17, 15) is 0 Å². The average molecular weight is 149 g/mol. The Morgan fingerprint density at radius 3 is 2.82 bits per heavy atom. The summed E-state index contributed by atoms with van der Waals surface area (Å²) >= 11 is 0. The Bertz CT molecular complexity index is 228. The van der Waals surface area contributed by atoms with Crippen LogP contribution in [0.4, 0.5) is 0 Å². The lowest BCUT2D eigenvalue weighted by Crippen LogP contribution is -2.02. The minimum atomic E-state index is 0.876. The lowest BCUT2D eigenvalue weighted by atomic mass is 10.4. The maximum absolute atomic E-state index is 4.07. The molecule has 11 heavy (non-hydrogen) atoms. The molecule has 0 unspecified atom stereocenters. The molecule has 3 heteroatoms. The fourth-order valence-corrected chi connectivity index (χ4v) is 0.627. The van der Waals surface area contributed by atoms with Crippen molar-refractivity contribution < 1.29 is 0 Å². The summed E-state index contributed by atoms with van der Waals surface area (Å²) < 4.78 is 0. The van der Waals surface area contributed by atoms with E-state index in [2.05, 4.69) is 10.1 Å². The van der Waals surface area contributed by atoms with Crippen molar-refractivity contribution in [3.8, 4) is 0 Å². The van der Waals surface area contributed by atoms with Gasteiger partial charge < -0.3 is 5.01 Å². The minimum absolute atomic E-state index is 0.876. The van der Waals surface area contributed by atoms with Gasteiger partial charge in [0.1, 0.15) is 0 Å². The summed E-state index contributed by atoms with van der Waals surface area (Å²) in [6.45, 7) is 0. The first kappa shape index (κ1) is 7.72. The van der Waals surface area contributed by atoms with Gasteiger partial charge in [-0.2, -0.15) is 5.10 Å². The fourth-order valence-electron chi connectivity index (χ4n) is 0.627. The molecule has 1 rings (SSSR count). The lowest BCUT2D eigenvalue weighted by Gasteiger charge is -2.00. The molecule has 0 aliphatic rings. The molecule has 0 aliphatic carbocycles. The topological polar surface area (TPSA) is 28.5 Å². The number of nitrogens with zero attached hydrogens (tertiary/aromatic N) is 3. The van der Waals surface area contributed by atoms with Crippen molar-refractivity contribution in [1.82, 2.24) is 9.99 Å². The number of hydrogen-bond acceptors (Lipinski definition) is 3. The van der Waals surface area contributed by atoms with Crippen molar-refractivity contribution in [2.24, 2.45) is 5.10 Å². The third-order valence-electron chi connectivity index (χ3n) is 1.11. The first-order valence-corrected chi connectivity index (χ1v) is 3.41. The highest BCUT2D eigenvalue weighted by atomic mass is 15.4. The molecule has 58 valence electrons. The van der Waals surface area contributed by atoms with Crippen LogP contribution < -0.4 is 0 Å². The Kier molecular flexibility index (Phi) is 2.60. The normalized spacial score (nSPS) is 10.4. The summed E-state index contributed by atoms with van der Waals surface area (Å²) in [4.78, 5) is 4.07. The number of aromatic nitrogens is 1. The fraction of sp³-hybridized carbons (Fsp3) is 0.250. The van der Waals surface area contributed by atoms with Crippen molar-refractivity contribution in [1.29, 1.82) is 0 Å². The number of pyridine rings is 1. The Hall–Kier alpha value is -1.38. The van der Waals surface area contributed by atoms with E-state index in [4.69, 9.17) is 0 Å². The molecule has 0 radical (unpaired) electrons. The molecule has 0 spiro atoms. The van der Waals surface area contributed by atoms with E-state index >= 15 is 0 Å². The number of rotatable bonds is 2. The van der Waals surface area contributed by atoms with Crippen molar-refractivity contribution in [3.05, 3.63) is 30.1 Å². The van der Waals surface area contributed by atoms with Gasteiger partial charge in [-0.3, -0.25) is 4.98 Å². The van der Waals surface area contributed by atoms with E-state index in [0.717, 1.165) is 5.69 Å². The molecule has 0 saturated carbocycles. The molecule has 0 aliphatic heterocycles. The maximum atomic E-state index is 4.07. The van der Waals surface area contributed by atoms with Crippen LogP contribution in [0.25, 0.3) is 0 Å². The summed E-state index contributed by atoms with van der Waals surface area (Å²) in [5, 5.41) is 5.77. The van der Waals surface area contributed by atoms with Crippen LogP contribution in [0.2, 0.25) is 0 Å². The van der Waals surface area contributed by atoms with Gasteiger partial charge in [-0.1, -0.05) is 6.07 Å². The zero-order valence-corrected chi connectivity index (χ0v) is 6.73. The number of hydrazone groups is 1. The Morgan fingerprint density at radius 1 is 1.45 bits per heavy atom. The summed E-state index contributed by atoms with van der Waals surface area (Å²) in [6, 6.07) is 5.73. The van der Waals surface area contributed by atoms with E-state index < -0.39 is 0 Å². The van der Waals surface area contributed by atoms with Crippen molar-refractivity contribution in [2.75, 3.05) is 14.1 Å². The monoisotopic (exact) mass is 149 g/mol. The van der Waals surface area contributed by atoms with Gasteiger partial charge in [0, 0.05) is 20.3 Å². The van der Waals surface area contributed by atoms with Gasteiger partial charge in [0.25, 0.3) is 0 Å². The SMILES string of the molecule is CN(C)/N=C\c1ccccn1. The quantitative estimate of drug-likeness (QED) is 0.463. The Balaban J connectivity index is 2.65. The highest BCUT2D eigenvalue weighted by Gasteiger charge is 1.84. The summed E-state index contributed by atoms with van der Waals surface area (Å²) in [5.41, 5.74) is 0.876. The molecular weight excluding hydrogens is 138 g/mol. The Labute approximate surface area is 66.4 Å². The van der Waals surface area contributed by atoms with Crippen molar-refractivity contribution >= 4 is 6.21 Å². The smallest absolute Gasteiger partial charge is 0.0830 e. The van der Waals surface area contributed by atoms with Crippen LogP contribution >= 0.6 is 0 Å². The van der Waals surface area contributed by atoms with Crippen LogP contribution in [-0.2, 0) is 0 Å². The van der Waals surface area contributed by atoms with E-state index in [1.165, 1.54) is 0 Å². The maximum Gasteiger partial charge on any atom is 0.0830 e. The predicted octanol–water partition coefficient (Wildman–Crippen LogP) is 0.977. The largest absolute Gasteiger partial charge is 0.303 e. The molecule has 0 fully saturated rings. The summed E-state index contributed by atoms with van der Waals surface area (Å²) in [7, 11) is 3.75. The van der Waals surface area contributed by atoms with Crippen molar-refractivity contribution in [3.63, 3.8) is 0 Å². The predicted molar refractivity (Wildman–Crippen MR) is 45.5 cm³/mol. The third-order valence-corrected chi connectivity index (χ3v) is 1.11. The van der Waals surface area contributed by atoms with E-state index in [0.29, 0.717) is 0 Å². The molecule has 3 nitrogen and oxygen atoms in total. The highest BCUT2D eigenvalue weighted by Crippen LogP contribution is 1.88. The molecule has 0 saturated heterocycles. The summed E-state index contributed by atoms with van der Waals surface area (Å²) in [5.74, 6) is 0. The zero-order valence-electron chi connectivity index (χ0n) is 6.73. The van der Waals surface area contributed by atoms with Gasteiger partial charge in [0.05, 0.1) is 11.9 Å². The minimum Gasteiger partial charge on any atom is -0.303 e. The van der Waals surface area contributed by atoms with Crippen LogP contribution in [0, 0.1) is 0 Å². The second-order valence-corrected chi connectivity index (χ2v) is 2.35. The van der Waals surface area contributed by atoms with Gasteiger partial charge in [-0.15, -0.1) is 0 Å². The average Bonchev–Trinajstić information content (AvgIpc) is 2.03. The first-order chi connectivity index (χ1) is 5.29. The molecule has 0 amide bonds. The van der Waals surface area contributed by atoms with E-state index in [1.54, 1.807) is 17.4 Å². The van der Waals surface area contributed by atoms with Gasteiger partial charge in [0.15, 0.2) is 0 Å². The zero-order chi connectivity index (χ0) is 8.10. The van der Waals surface area contributed by atoms with Crippen LogP contribution in [-0.4, -0.2) is 30.3 Å². The Morgan fingerprint density at radius 2 is 2.27 bits per heavy atom. The molecule has 0 atom stereocenters. The second kappa shape index (κ2) is 3.71. The van der Waals surface area contributed by atoms with E-state index in [-0.39, 0.29) is 0 Å². The van der Waals surface area contributed by atoms with Gasteiger partial charge in [0.2, 0.25) is 0 Å². The molecule has 0 N–H and O–H groups in total. The van der Waals surface area contributed by atoms with Crippen LogP contribution in [0.3, 0.4) is 0 Å². The standard InChI is InChI=1S/C8H11N3/c1-11(2)10-7-8-5-3-4-6-9-8/h3-7H,1-2H3/b10-7-. The van der Waals surface area contributed by atoms with Gasteiger partial charge in [-0.25, -0.2) is 0 Å².